The Bertz CT molecular complexity index is 921. The van der Waals surface area contributed by atoms with Gasteiger partial charge in [0, 0.05) is 38.6 Å². The molecule has 1 heterocycles. The van der Waals surface area contributed by atoms with Gasteiger partial charge in [-0.3, -0.25) is 0 Å². The number of hydrogen-bond acceptors (Lipinski definition) is 2. The Morgan fingerprint density at radius 1 is 1.12 bits per heavy atom. The number of halogens is 3. The number of nitrogens with zero attached hydrogens (tertiary/aromatic N) is 2. The first-order chi connectivity index (χ1) is 12.6. The van der Waals surface area contributed by atoms with E-state index in [4.69, 9.17) is 39.5 Å². The van der Waals surface area contributed by atoms with Gasteiger partial charge in [0.1, 0.15) is 12.4 Å². The first-order valence-corrected chi connectivity index (χ1v) is 9.27. The van der Waals surface area contributed by atoms with Gasteiger partial charge in [-0.25, -0.2) is 4.98 Å². The van der Waals surface area contributed by atoms with Crippen LogP contribution in [0, 0.1) is 0 Å². The zero-order valence-electron chi connectivity index (χ0n) is 14.1. The van der Waals surface area contributed by atoms with E-state index in [1.54, 1.807) is 30.7 Å². The second kappa shape index (κ2) is 8.63. The first-order valence-electron chi connectivity index (χ1n) is 8.13. The number of ether oxygens (including phenoxy) is 1. The largest absolute Gasteiger partial charge is 0.488 e. The maximum absolute atomic E-state index is 6.24. The molecule has 134 valence electrons. The quantitative estimate of drug-likeness (QED) is 0.453. The van der Waals surface area contributed by atoms with E-state index in [2.05, 4.69) is 18.0 Å². The zero-order valence-corrected chi connectivity index (χ0v) is 16.4. The summed E-state index contributed by atoms with van der Waals surface area (Å²) in [5.41, 5.74) is 2.72. The van der Waals surface area contributed by atoms with E-state index in [0.29, 0.717) is 27.4 Å². The maximum Gasteiger partial charge on any atom is 0.129 e. The van der Waals surface area contributed by atoms with Crippen molar-refractivity contribution in [2.75, 3.05) is 0 Å². The third-order valence-corrected chi connectivity index (χ3v) is 4.62. The Kier molecular flexibility index (Phi) is 6.25. The minimum atomic E-state index is 0.327. The van der Waals surface area contributed by atoms with E-state index in [-0.39, 0.29) is 0 Å². The van der Waals surface area contributed by atoms with Crippen molar-refractivity contribution in [2.45, 2.75) is 20.0 Å². The van der Waals surface area contributed by atoms with Crippen LogP contribution in [0.4, 0.5) is 0 Å². The fourth-order valence-corrected chi connectivity index (χ4v) is 3.21. The first kappa shape index (κ1) is 18.8. The van der Waals surface area contributed by atoms with E-state index >= 15 is 0 Å². The summed E-state index contributed by atoms with van der Waals surface area (Å²) in [5.74, 6) is 0.716. The standard InChI is InChI=1S/C20H17Cl3N2O/c1-2-3-19(25-9-8-24-13-25)17-10-15(21)6-7-20(17)26-12-14-4-5-16(22)11-18(14)23/h3-11,13H,2,12H2,1H3. The van der Waals surface area contributed by atoms with Gasteiger partial charge in [-0.1, -0.05) is 53.9 Å². The van der Waals surface area contributed by atoms with Gasteiger partial charge in [0.2, 0.25) is 0 Å². The van der Waals surface area contributed by atoms with Crippen LogP contribution >= 0.6 is 34.8 Å². The van der Waals surface area contributed by atoms with Crippen molar-refractivity contribution in [2.24, 2.45) is 0 Å². The molecule has 26 heavy (non-hydrogen) atoms. The molecule has 0 atom stereocenters. The summed E-state index contributed by atoms with van der Waals surface area (Å²) in [4.78, 5) is 4.13. The van der Waals surface area contributed by atoms with Crippen molar-refractivity contribution in [1.82, 2.24) is 9.55 Å². The molecule has 0 fully saturated rings. The Balaban J connectivity index is 1.94. The normalized spacial score (nSPS) is 11.6. The molecule has 3 nitrogen and oxygen atoms in total. The molecule has 0 amide bonds. The monoisotopic (exact) mass is 406 g/mol. The molecule has 3 aromatic rings. The SMILES string of the molecule is CCC=C(c1cc(Cl)ccc1OCc1ccc(Cl)cc1Cl)n1ccnc1. The molecular weight excluding hydrogens is 391 g/mol. The molecular formula is C20H17Cl3N2O. The van der Waals surface area contributed by atoms with E-state index in [1.807, 2.05) is 29.0 Å². The molecule has 0 bridgehead atoms. The molecule has 0 N–H and O–H groups in total. The van der Waals surface area contributed by atoms with Crippen LogP contribution in [0.3, 0.4) is 0 Å². The average molecular weight is 408 g/mol. The Morgan fingerprint density at radius 2 is 1.88 bits per heavy atom. The van der Waals surface area contributed by atoms with Crippen molar-refractivity contribution in [3.05, 3.63) is 87.4 Å². The molecule has 3 rings (SSSR count). The molecule has 0 aliphatic heterocycles. The lowest BCUT2D eigenvalue weighted by molar-refractivity contribution is 0.305. The fraction of sp³-hybridized carbons (Fsp3) is 0.150. The van der Waals surface area contributed by atoms with Gasteiger partial charge in [0.05, 0.1) is 12.0 Å². The van der Waals surface area contributed by atoms with E-state index in [1.165, 1.54) is 0 Å². The Hall–Kier alpha value is -1.94. The number of allylic oxidation sites excluding steroid dienone is 1. The number of aromatic nitrogens is 2. The Labute approximate surface area is 167 Å². The molecule has 0 radical (unpaired) electrons. The van der Waals surface area contributed by atoms with E-state index in [9.17, 15) is 0 Å². The van der Waals surface area contributed by atoms with Gasteiger partial charge in [0.15, 0.2) is 0 Å². The summed E-state index contributed by atoms with van der Waals surface area (Å²) in [7, 11) is 0. The summed E-state index contributed by atoms with van der Waals surface area (Å²) in [6, 6.07) is 10.9. The van der Waals surface area contributed by atoms with Gasteiger partial charge in [-0.2, -0.15) is 0 Å². The topological polar surface area (TPSA) is 27.1 Å². The minimum absolute atomic E-state index is 0.327. The van der Waals surface area contributed by atoms with Crippen molar-refractivity contribution < 1.29 is 4.74 Å². The highest BCUT2D eigenvalue weighted by molar-refractivity contribution is 6.35. The number of rotatable bonds is 6. The third kappa shape index (κ3) is 4.42. The highest BCUT2D eigenvalue weighted by atomic mass is 35.5. The lowest BCUT2D eigenvalue weighted by atomic mass is 10.1. The molecule has 0 saturated heterocycles. The van der Waals surface area contributed by atoms with Crippen LogP contribution in [0.5, 0.6) is 5.75 Å². The van der Waals surface area contributed by atoms with Crippen LogP contribution in [0.1, 0.15) is 24.5 Å². The number of hydrogen-bond donors (Lipinski definition) is 0. The molecule has 0 aliphatic carbocycles. The van der Waals surface area contributed by atoms with Gasteiger partial charge < -0.3 is 9.30 Å². The van der Waals surface area contributed by atoms with E-state index < -0.39 is 0 Å². The average Bonchev–Trinajstić information content (AvgIpc) is 3.14. The van der Waals surface area contributed by atoms with E-state index in [0.717, 1.165) is 23.2 Å². The van der Waals surface area contributed by atoms with Crippen molar-refractivity contribution >= 4 is 40.5 Å². The van der Waals surface area contributed by atoms with Crippen molar-refractivity contribution in [3.63, 3.8) is 0 Å². The zero-order chi connectivity index (χ0) is 18.5. The molecule has 6 heteroatoms. The van der Waals surface area contributed by atoms with Crippen molar-refractivity contribution in [1.29, 1.82) is 0 Å². The molecule has 0 saturated carbocycles. The van der Waals surface area contributed by atoms with Crippen LogP contribution in [-0.2, 0) is 6.61 Å². The maximum atomic E-state index is 6.24. The molecule has 0 spiro atoms. The molecule has 0 aliphatic rings. The summed E-state index contributed by atoms with van der Waals surface area (Å²) >= 11 is 18.4. The van der Waals surface area contributed by atoms with Crippen LogP contribution in [-0.4, -0.2) is 9.55 Å². The summed E-state index contributed by atoms with van der Waals surface area (Å²) in [5, 5.41) is 1.81. The molecule has 1 aromatic heterocycles. The third-order valence-electron chi connectivity index (χ3n) is 3.80. The smallest absolute Gasteiger partial charge is 0.129 e. The highest BCUT2D eigenvalue weighted by Crippen LogP contribution is 2.32. The summed E-state index contributed by atoms with van der Waals surface area (Å²) in [6.07, 6.45) is 8.35. The summed E-state index contributed by atoms with van der Waals surface area (Å²) in [6.45, 7) is 2.41. The molecule has 0 unspecified atom stereocenters. The number of benzene rings is 2. The highest BCUT2D eigenvalue weighted by Gasteiger charge is 2.13. The predicted octanol–water partition coefficient (Wildman–Crippen LogP) is 6.72. The van der Waals surface area contributed by atoms with Gasteiger partial charge in [0.25, 0.3) is 0 Å². The lowest BCUT2D eigenvalue weighted by Gasteiger charge is -2.16. The van der Waals surface area contributed by atoms with Gasteiger partial charge in [-0.15, -0.1) is 0 Å². The summed E-state index contributed by atoms with van der Waals surface area (Å²) < 4.78 is 8.01. The van der Waals surface area contributed by atoms with Gasteiger partial charge in [-0.05, 0) is 36.8 Å². The minimum Gasteiger partial charge on any atom is -0.488 e. The van der Waals surface area contributed by atoms with Crippen molar-refractivity contribution in [3.8, 4) is 5.75 Å². The van der Waals surface area contributed by atoms with Crippen LogP contribution in [0.15, 0.2) is 61.2 Å². The van der Waals surface area contributed by atoms with Gasteiger partial charge >= 0.3 is 0 Å². The Morgan fingerprint density at radius 3 is 2.58 bits per heavy atom. The lowest BCUT2D eigenvalue weighted by Crippen LogP contribution is -2.03. The molecule has 2 aromatic carbocycles. The van der Waals surface area contributed by atoms with Crippen LogP contribution in [0.25, 0.3) is 5.70 Å². The van der Waals surface area contributed by atoms with Crippen LogP contribution in [0.2, 0.25) is 15.1 Å². The second-order valence-electron chi connectivity index (χ2n) is 5.63. The second-order valence-corrected chi connectivity index (χ2v) is 6.91. The fourth-order valence-electron chi connectivity index (χ4n) is 2.57. The predicted molar refractivity (Wildman–Crippen MR) is 108 cm³/mol. The van der Waals surface area contributed by atoms with Crippen LogP contribution < -0.4 is 4.74 Å². The number of imidazole rings is 1.